The predicted molar refractivity (Wildman–Crippen MR) is 160 cm³/mol. The number of imide groups is 1. The lowest BCUT2D eigenvalue weighted by molar-refractivity contribution is -0.142. The Bertz CT molecular complexity index is 1550. The van der Waals surface area contributed by atoms with Crippen LogP contribution in [0.1, 0.15) is 39.1 Å². The highest BCUT2D eigenvalue weighted by atomic mass is 35.5. The number of carboxylic acids is 1. The Kier molecular flexibility index (Phi) is 7.39. The number of amides is 2. The van der Waals surface area contributed by atoms with Gasteiger partial charge in [0.25, 0.3) is 11.8 Å². The molecule has 5 nitrogen and oxygen atoms in total. The van der Waals surface area contributed by atoms with Crippen LogP contribution in [-0.2, 0) is 11.2 Å². The van der Waals surface area contributed by atoms with Gasteiger partial charge in [0.2, 0.25) is 0 Å². The number of rotatable bonds is 8. The molecule has 0 bridgehead atoms. The minimum Gasteiger partial charge on any atom is -0.481 e. The maximum atomic E-state index is 13.2. The van der Waals surface area contributed by atoms with E-state index in [1.807, 2.05) is 48.5 Å². The largest absolute Gasteiger partial charge is 0.481 e. The van der Waals surface area contributed by atoms with Gasteiger partial charge in [0.05, 0.1) is 17.0 Å². The Hall–Kier alpha value is -3.61. The van der Waals surface area contributed by atoms with Gasteiger partial charge in [-0.1, -0.05) is 72.3 Å². The van der Waals surface area contributed by atoms with E-state index in [0.717, 1.165) is 40.5 Å². The summed E-state index contributed by atoms with van der Waals surface area (Å²) in [6.07, 6.45) is 2.28. The summed E-state index contributed by atoms with van der Waals surface area (Å²) < 4.78 is 0. The SMILES string of the molecule is O=C(O)[C@@H]1[C@@H](CN2C(=O)c3cc4ccccc4cc3C2=O)CC[C@H]1SCCc1ccc(-c2ccc(Cl)cc2)cc1. The summed E-state index contributed by atoms with van der Waals surface area (Å²) in [5.41, 5.74) is 4.24. The first kappa shape index (κ1) is 26.6. The van der Waals surface area contributed by atoms with E-state index in [0.29, 0.717) is 22.6 Å². The first-order valence-corrected chi connectivity index (χ1v) is 14.9. The molecule has 4 aromatic rings. The smallest absolute Gasteiger partial charge is 0.307 e. The molecule has 1 N–H and O–H groups in total. The second kappa shape index (κ2) is 11.1. The lowest BCUT2D eigenvalue weighted by Crippen LogP contribution is -2.38. The molecule has 2 amide bonds. The number of carbonyl (C=O) groups excluding carboxylic acids is 2. The molecule has 1 aliphatic heterocycles. The van der Waals surface area contributed by atoms with Gasteiger partial charge in [-0.2, -0.15) is 11.8 Å². The van der Waals surface area contributed by atoms with Gasteiger partial charge < -0.3 is 5.11 Å². The fraction of sp³-hybridized carbons (Fsp3) is 0.242. The van der Waals surface area contributed by atoms with Crippen LogP contribution in [0.5, 0.6) is 0 Å². The minimum atomic E-state index is -0.852. The first-order chi connectivity index (χ1) is 19.4. The number of carboxylic acid groups (broad SMARTS) is 1. The summed E-state index contributed by atoms with van der Waals surface area (Å²) in [6.45, 7) is 0.142. The maximum Gasteiger partial charge on any atom is 0.307 e. The Balaban J connectivity index is 1.08. The van der Waals surface area contributed by atoms with Crippen LogP contribution in [0.4, 0.5) is 0 Å². The van der Waals surface area contributed by atoms with E-state index >= 15 is 0 Å². The molecular formula is C33H28ClNO4S. The predicted octanol–water partition coefficient (Wildman–Crippen LogP) is 7.21. The van der Waals surface area contributed by atoms with Crippen LogP contribution in [0.15, 0.2) is 84.9 Å². The van der Waals surface area contributed by atoms with Crippen LogP contribution in [-0.4, -0.2) is 45.3 Å². The number of benzene rings is 4. The number of thioether (sulfide) groups is 1. The van der Waals surface area contributed by atoms with Crippen LogP contribution in [0.2, 0.25) is 5.02 Å². The number of carbonyl (C=O) groups is 3. The number of hydrogen-bond acceptors (Lipinski definition) is 4. The Labute approximate surface area is 242 Å². The normalized spacial score (nSPS) is 20.3. The Morgan fingerprint density at radius 1 is 0.850 bits per heavy atom. The average Bonchev–Trinajstić information content (AvgIpc) is 3.47. The fourth-order valence-electron chi connectivity index (χ4n) is 6.01. The van der Waals surface area contributed by atoms with E-state index in [1.54, 1.807) is 23.9 Å². The van der Waals surface area contributed by atoms with E-state index in [2.05, 4.69) is 24.3 Å². The second-order valence-electron chi connectivity index (χ2n) is 10.5. The van der Waals surface area contributed by atoms with Gasteiger partial charge in [0, 0.05) is 16.8 Å². The quantitative estimate of drug-likeness (QED) is 0.227. The number of nitrogens with zero attached hydrogens (tertiary/aromatic N) is 1. The minimum absolute atomic E-state index is 0.0476. The van der Waals surface area contributed by atoms with Gasteiger partial charge in [0.1, 0.15) is 0 Å². The van der Waals surface area contributed by atoms with E-state index in [4.69, 9.17) is 11.6 Å². The highest BCUT2D eigenvalue weighted by molar-refractivity contribution is 7.99. The number of hydrogen-bond donors (Lipinski definition) is 1. The molecule has 0 unspecified atom stereocenters. The summed E-state index contributed by atoms with van der Waals surface area (Å²) in [5.74, 6) is -1.55. The molecule has 0 spiro atoms. The summed E-state index contributed by atoms with van der Waals surface area (Å²) >= 11 is 7.68. The maximum absolute atomic E-state index is 13.2. The van der Waals surface area contributed by atoms with Gasteiger partial charge in [-0.25, -0.2) is 0 Å². The lowest BCUT2D eigenvalue weighted by atomic mass is 9.95. The molecule has 0 aromatic heterocycles. The van der Waals surface area contributed by atoms with Crippen molar-refractivity contribution in [3.8, 4) is 11.1 Å². The first-order valence-electron chi connectivity index (χ1n) is 13.5. The molecule has 40 heavy (non-hydrogen) atoms. The standard InChI is InChI=1S/C33H28ClNO4S/c34-26-12-9-22(10-13-26)21-7-5-20(6-8-21)15-16-40-29-14-11-25(30(29)33(38)39)19-35-31(36)27-17-23-3-1-2-4-24(23)18-28(27)32(35)37/h1-10,12-13,17-18,25,29-30H,11,14-16,19H2,(H,38,39)/t25-,29-,30-/m1/s1. The van der Waals surface area contributed by atoms with Crippen molar-refractivity contribution in [2.45, 2.75) is 24.5 Å². The second-order valence-corrected chi connectivity index (χ2v) is 12.3. The molecule has 1 heterocycles. The third-order valence-electron chi connectivity index (χ3n) is 8.12. The molecule has 2 aliphatic rings. The van der Waals surface area contributed by atoms with Crippen molar-refractivity contribution in [3.05, 3.63) is 107 Å². The highest BCUT2D eigenvalue weighted by Crippen LogP contribution is 2.41. The van der Waals surface area contributed by atoms with E-state index < -0.39 is 11.9 Å². The topological polar surface area (TPSA) is 74.7 Å². The molecule has 1 fully saturated rings. The molecule has 0 radical (unpaired) electrons. The fourth-order valence-corrected chi connectivity index (χ4v) is 7.64. The third kappa shape index (κ3) is 5.14. The Morgan fingerprint density at radius 3 is 2.00 bits per heavy atom. The number of halogens is 1. The molecule has 1 aliphatic carbocycles. The summed E-state index contributed by atoms with van der Waals surface area (Å²) in [4.78, 5) is 40.0. The molecule has 7 heteroatoms. The molecular weight excluding hydrogens is 542 g/mol. The van der Waals surface area contributed by atoms with Gasteiger partial charge in [0.15, 0.2) is 0 Å². The third-order valence-corrected chi connectivity index (χ3v) is 9.77. The van der Waals surface area contributed by atoms with Crippen molar-refractivity contribution in [2.75, 3.05) is 12.3 Å². The van der Waals surface area contributed by atoms with Crippen molar-refractivity contribution in [3.63, 3.8) is 0 Å². The van der Waals surface area contributed by atoms with Crippen molar-refractivity contribution in [1.82, 2.24) is 4.90 Å². The molecule has 202 valence electrons. The van der Waals surface area contributed by atoms with E-state index in [9.17, 15) is 19.5 Å². The van der Waals surface area contributed by atoms with Gasteiger partial charge in [-0.15, -0.1) is 0 Å². The van der Waals surface area contributed by atoms with Crippen LogP contribution >= 0.6 is 23.4 Å². The van der Waals surface area contributed by atoms with Gasteiger partial charge in [-0.3, -0.25) is 19.3 Å². The molecule has 1 saturated carbocycles. The molecule has 0 saturated heterocycles. The zero-order valence-corrected chi connectivity index (χ0v) is 23.3. The summed E-state index contributed by atoms with van der Waals surface area (Å²) in [6, 6.07) is 27.4. The number of aryl methyl sites for hydroxylation is 1. The average molecular weight is 570 g/mol. The van der Waals surface area contributed by atoms with Crippen molar-refractivity contribution in [2.24, 2.45) is 11.8 Å². The van der Waals surface area contributed by atoms with E-state index in [-0.39, 0.29) is 29.5 Å². The zero-order valence-electron chi connectivity index (χ0n) is 21.8. The Morgan fingerprint density at radius 2 is 1.43 bits per heavy atom. The lowest BCUT2D eigenvalue weighted by Gasteiger charge is -2.24. The zero-order chi connectivity index (χ0) is 27.8. The summed E-state index contributed by atoms with van der Waals surface area (Å²) in [7, 11) is 0. The monoisotopic (exact) mass is 569 g/mol. The summed E-state index contributed by atoms with van der Waals surface area (Å²) in [5, 5.41) is 12.6. The molecule has 6 rings (SSSR count). The molecule has 4 aromatic carbocycles. The number of fused-ring (bicyclic) bond motifs is 2. The van der Waals surface area contributed by atoms with E-state index in [1.165, 1.54) is 10.5 Å². The van der Waals surface area contributed by atoms with Crippen molar-refractivity contribution >= 4 is 51.9 Å². The van der Waals surface area contributed by atoms with Crippen LogP contribution in [0.25, 0.3) is 21.9 Å². The van der Waals surface area contributed by atoms with Crippen LogP contribution in [0.3, 0.4) is 0 Å². The van der Waals surface area contributed by atoms with Gasteiger partial charge in [-0.05, 0) is 82.7 Å². The molecule has 3 atom stereocenters. The van der Waals surface area contributed by atoms with Crippen molar-refractivity contribution < 1.29 is 19.5 Å². The highest BCUT2D eigenvalue weighted by Gasteiger charge is 2.45. The number of aliphatic carboxylic acids is 1. The van der Waals surface area contributed by atoms with Crippen LogP contribution in [0, 0.1) is 11.8 Å². The van der Waals surface area contributed by atoms with Crippen LogP contribution < -0.4 is 0 Å². The van der Waals surface area contributed by atoms with Gasteiger partial charge >= 0.3 is 5.97 Å². The van der Waals surface area contributed by atoms with Crippen molar-refractivity contribution in [1.29, 1.82) is 0 Å².